The molecular weight excluding hydrogens is 337 g/mol. The maximum atomic E-state index is 12.3. The monoisotopic (exact) mass is 355 g/mol. The lowest BCUT2D eigenvalue weighted by atomic mass is 10.1. The van der Waals surface area contributed by atoms with Crippen LogP contribution in [0.2, 0.25) is 0 Å². The number of halogens is 2. The molecule has 0 radical (unpaired) electrons. The Morgan fingerprint density at radius 1 is 1.39 bits per heavy atom. The summed E-state index contributed by atoms with van der Waals surface area (Å²) < 4.78 is 5.42. The number of hydrogen-bond donors (Lipinski definition) is 1. The number of H-pyrrole nitrogens is 1. The molecule has 2 heterocycles. The van der Waals surface area contributed by atoms with Crippen LogP contribution in [0.15, 0.2) is 36.4 Å². The number of nitrogens with zero attached hydrogens (tertiary/aromatic N) is 2. The van der Waals surface area contributed by atoms with Crippen molar-refractivity contribution < 1.29 is 9.53 Å². The van der Waals surface area contributed by atoms with Gasteiger partial charge >= 0.3 is 6.09 Å². The van der Waals surface area contributed by atoms with Gasteiger partial charge in [-0.15, -0.1) is 24.0 Å². The zero-order valence-electron chi connectivity index (χ0n) is 12.6. The smallest absolute Gasteiger partial charge is 0.410 e. The molecule has 0 unspecified atom stereocenters. The minimum Gasteiger partial charge on any atom is -0.445 e. The minimum atomic E-state index is -0.284. The molecule has 1 fully saturated rings. The first-order chi connectivity index (χ1) is 10.8. The Morgan fingerprint density at radius 3 is 2.87 bits per heavy atom. The van der Waals surface area contributed by atoms with Crippen molar-refractivity contribution in [2.24, 2.45) is 0 Å². The van der Waals surface area contributed by atoms with Gasteiger partial charge in [0.2, 0.25) is 0 Å². The van der Waals surface area contributed by atoms with E-state index in [0.29, 0.717) is 19.0 Å². The topological polar surface area (TPSA) is 58.2 Å². The van der Waals surface area contributed by atoms with E-state index in [1.165, 1.54) is 0 Å². The number of amides is 1. The molecule has 7 heteroatoms. The second kappa shape index (κ2) is 8.22. The molecule has 1 atom stereocenters. The number of ether oxygens (including phenoxy) is 1. The van der Waals surface area contributed by atoms with Gasteiger partial charge in [-0.3, -0.25) is 10.00 Å². The van der Waals surface area contributed by atoms with Crippen molar-refractivity contribution in [3.8, 4) is 0 Å². The molecule has 2 aromatic rings. The summed E-state index contributed by atoms with van der Waals surface area (Å²) in [4.78, 5) is 14.1. The van der Waals surface area contributed by atoms with Crippen molar-refractivity contribution in [1.29, 1.82) is 0 Å². The van der Waals surface area contributed by atoms with Crippen LogP contribution in [0.1, 0.15) is 35.8 Å². The van der Waals surface area contributed by atoms with Crippen molar-refractivity contribution in [2.45, 2.75) is 31.4 Å². The van der Waals surface area contributed by atoms with E-state index in [9.17, 15) is 4.79 Å². The van der Waals surface area contributed by atoms with Crippen LogP contribution in [0.5, 0.6) is 0 Å². The highest BCUT2D eigenvalue weighted by atomic mass is 35.5. The fourth-order valence-corrected chi connectivity index (χ4v) is 2.87. The second-order valence-electron chi connectivity index (χ2n) is 5.34. The van der Waals surface area contributed by atoms with Crippen LogP contribution in [-0.2, 0) is 17.2 Å². The number of likely N-dealkylation sites (tertiary alicyclic amines) is 1. The number of aromatic amines is 1. The summed E-state index contributed by atoms with van der Waals surface area (Å²) in [6.45, 7) is 0.992. The van der Waals surface area contributed by atoms with E-state index in [-0.39, 0.29) is 24.5 Å². The third-order valence-corrected chi connectivity index (χ3v) is 4.11. The van der Waals surface area contributed by atoms with E-state index in [1.54, 1.807) is 4.90 Å². The van der Waals surface area contributed by atoms with Crippen LogP contribution in [0, 0.1) is 0 Å². The first-order valence-electron chi connectivity index (χ1n) is 7.35. The van der Waals surface area contributed by atoms with E-state index < -0.39 is 0 Å². The average Bonchev–Trinajstić information content (AvgIpc) is 3.21. The Bertz CT molecular complexity index is 633. The van der Waals surface area contributed by atoms with Crippen molar-refractivity contribution in [2.75, 3.05) is 6.54 Å². The number of hydrogen-bond acceptors (Lipinski definition) is 3. The van der Waals surface area contributed by atoms with Gasteiger partial charge in [0.25, 0.3) is 0 Å². The maximum absolute atomic E-state index is 12.3. The van der Waals surface area contributed by atoms with Crippen LogP contribution in [0.25, 0.3) is 0 Å². The number of carbonyl (C=O) groups is 1. The molecule has 1 aromatic heterocycles. The number of alkyl halides is 1. The predicted molar refractivity (Wildman–Crippen MR) is 90.7 cm³/mol. The van der Waals surface area contributed by atoms with Crippen LogP contribution in [0.3, 0.4) is 0 Å². The summed E-state index contributed by atoms with van der Waals surface area (Å²) in [6, 6.07) is 11.6. The number of nitrogens with one attached hydrogen (secondary N) is 1. The summed E-state index contributed by atoms with van der Waals surface area (Å²) in [6.07, 6.45) is 1.58. The molecule has 1 aromatic carbocycles. The van der Waals surface area contributed by atoms with E-state index in [2.05, 4.69) is 10.2 Å². The summed E-state index contributed by atoms with van der Waals surface area (Å²) in [5.74, 6) is 0.363. The fraction of sp³-hybridized carbons (Fsp3) is 0.375. The molecule has 1 N–H and O–H groups in total. The summed E-state index contributed by atoms with van der Waals surface area (Å²) in [5, 5.41) is 7.10. The third-order valence-electron chi connectivity index (χ3n) is 3.84. The molecule has 0 spiro atoms. The fourth-order valence-electron chi connectivity index (χ4n) is 2.73. The van der Waals surface area contributed by atoms with Crippen LogP contribution in [-0.4, -0.2) is 27.7 Å². The Hall–Kier alpha value is -1.72. The lowest BCUT2D eigenvalue weighted by molar-refractivity contribution is 0.0915. The van der Waals surface area contributed by atoms with Crippen molar-refractivity contribution in [3.63, 3.8) is 0 Å². The van der Waals surface area contributed by atoms with Gasteiger partial charge in [0.15, 0.2) is 0 Å². The van der Waals surface area contributed by atoms with E-state index in [4.69, 9.17) is 16.3 Å². The Balaban J connectivity index is 0.00000192. The molecule has 23 heavy (non-hydrogen) atoms. The van der Waals surface area contributed by atoms with Gasteiger partial charge in [0, 0.05) is 6.54 Å². The van der Waals surface area contributed by atoms with Crippen LogP contribution < -0.4 is 0 Å². The standard InChI is InChI=1S/C16H18ClN3O2.ClH/c17-10-13-9-14(19-18-13)15-7-4-8-20(15)16(21)22-11-12-5-2-1-3-6-12;/h1-3,5-6,9,15H,4,7-8,10-11H2,(H,18,19);1H/t15-;/m0./s1. The SMILES string of the molecule is Cl.O=C(OCc1ccccc1)N1CCC[C@H]1c1cc(CCl)n[nH]1. The quantitative estimate of drug-likeness (QED) is 0.841. The predicted octanol–water partition coefficient (Wildman–Crippen LogP) is 4.04. The Kier molecular flexibility index (Phi) is 6.30. The highest BCUT2D eigenvalue weighted by molar-refractivity contribution is 6.16. The van der Waals surface area contributed by atoms with Gasteiger partial charge in [-0.2, -0.15) is 5.10 Å². The molecule has 1 aliphatic heterocycles. The molecule has 1 amide bonds. The summed E-state index contributed by atoms with van der Waals surface area (Å²) >= 11 is 5.78. The van der Waals surface area contributed by atoms with Crippen molar-refractivity contribution in [3.05, 3.63) is 53.3 Å². The number of benzene rings is 1. The lowest BCUT2D eigenvalue weighted by Gasteiger charge is -2.23. The molecular formula is C16H19Cl2N3O2. The first kappa shape index (κ1) is 17.6. The second-order valence-corrected chi connectivity index (χ2v) is 5.61. The molecule has 124 valence electrons. The summed E-state index contributed by atoms with van der Waals surface area (Å²) in [7, 11) is 0. The Morgan fingerprint density at radius 2 is 2.17 bits per heavy atom. The third kappa shape index (κ3) is 4.18. The average molecular weight is 356 g/mol. The molecule has 0 bridgehead atoms. The first-order valence-corrected chi connectivity index (χ1v) is 7.89. The zero-order chi connectivity index (χ0) is 15.4. The lowest BCUT2D eigenvalue weighted by Crippen LogP contribution is -2.31. The van der Waals surface area contributed by atoms with Gasteiger partial charge < -0.3 is 4.74 Å². The Labute approximate surface area is 146 Å². The molecule has 3 rings (SSSR count). The van der Waals surface area contributed by atoms with Gasteiger partial charge in [0.1, 0.15) is 6.61 Å². The zero-order valence-corrected chi connectivity index (χ0v) is 14.1. The number of carbonyl (C=O) groups excluding carboxylic acids is 1. The van der Waals surface area contributed by atoms with E-state index in [1.807, 2.05) is 36.4 Å². The molecule has 1 saturated heterocycles. The number of rotatable bonds is 4. The highest BCUT2D eigenvalue weighted by Gasteiger charge is 2.32. The largest absolute Gasteiger partial charge is 0.445 e. The summed E-state index contributed by atoms with van der Waals surface area (Å²) in [5.41, 5.74) is 2.70. The molecule has 0 aliphatic carbocycles. The van der Waals surface area contributed by atoms with Gasteiger partial charge in [-0.25, -0.2) is 4.79 Å². The van der Waals surface area contributed by atoms with Crippen molar-refractivity contribution in [1.82, 2.24) is 15.1 Å². The molecule has 0 saturated carbocycles. The minimum absolute atomic E-state index is 0. The van der Waals surface area contributed by atoms with E-state index in [0.717, 1.165) is 29.8 Å². The molecule has 5 nitrogen and oxygen atoms in total. The van der Waals surface area contributed by atoms with Crippen LogP contribution in [0.4, 0.5) is 4.79 Å². The van der Waals surface area contributed by atoms with Gasteiger partial charge in [0.05, 0.1) is 23.3 Å². The highest BCUT2D eigenvalue weighted by Crippen LogP contribution is 2.31. The van der Waals surface area contributed by atoms with Gasteiger partial charge in [-0.1, -0.05) is 30.3 Å². The molecule has 1 aliphatic rings. The maximum Gasteiger partial charge on any atom is 0.410 e. The number of aromatic nitrogens is 2. The van der Waals surface area contributed by atoms with Crippen LogP contribution >= 0.6 is 24.0 Å². The van der Waals surface area contributed by atoms with E-state index >= 15 is 0 Å². The van der Waals surface area contributed by atoms with Gasteiger partial charge in [-0.05, 0) is 24.5 Å². The normalized spacial score (nSPS) is 16.9. The van der Waals surface area contributed by atoms with Crippen molar-refractivity contribution >= 4 is 30.1 Å².